The van der Waals surface area contributed by atoms with Gasteiger partial charge in [-0.15, -0.1) is 0 Å². The van der Waals surface area contributed by atoms with Gasteiger partial charge in [0.15, 0.2) is 0 Å². The molecule has 0 bridgehead atoms. The van der Waals surface area contributed by atoms with Crippen molar-refractivity contribution in [2.24, 2.45) is 5.73 Å². The van der Waals surface area contributed by atoms with E-state index in [9.17, 15) is 4.79 Å². The van der Waals surface area contributed by atoms with E-state index in [0.717, 1.165) is 19.4 Å². The van der Waals surface area contributed by atoms with Crippen molar-refractivity contribution in [1.29, 1.82) is 0 Å². The van der Waals surface area contributed by atoms with E-state index in [1.165, 1.54) is 0 Å². The van der Waals surface area contributed by atoms with Crippen LogP contribution in [-0.2, 0) is 0 Å². The van der Waals surface area contributed by atoms with Gasteiger partial charge in [0, 0.05) is 30.9 Å². The molecule has 5 heteroatoms. The number of hydrogen-bond acceptors (Lipinski definition) is 4. The maximum atomic E-state index is 12.5. The zero-order chi connectivity index (χ0) is 15.4. The third-order valence-corrected chi connectivity index (χ3v) is 3.88. The number of hydrogen-bond donors (Lipinski definition) is 1. The molecular weight excluding hydrogens is 278 g/mol. The zero-order valence-electron chi connectivity index (χ0n) is 12.3. The van der Waals surface area contributed by atoms with Crippen molar-refractivity contribution >= 4 is 5.91 Å². The number of carbonyl (C=O) groups excluding carboxylic acids is 1. The van der Waals surface area contributed by atoms with Crippen LogP contribution < -0.4 is 10.5 Å². The first-order valence-electron chi connectivity index (χ1n) is 7.47. The number of rotatable bonds is 4. The smallest absolute Gasteiger partial charge is 0.254 e. The molecule has 1 aliphatic heterocycles. The predicted octanol–water partition coefficient (Wildman–Crippen LogP) is 2.44. The van der Waals surface area contributed by atoms with Gasteiger partial charge in [-0.1, -0.05) is 0 Å². The Labute approximate surface area is 129 Å². The summed E-state index contributed by atoms with van der Waals surface area (Å²) < 4.78 is 5.67. The molecule has 1 aromatic heterocycles. The lowest BCUT2D eigenvalue weighted by Crippen LogP contribution is -2.39. The monoisotopic (exact) mass is 297 g/mol. The molecule has 1 unspecified atom stereocenters. The quantitative estimate of drug-likeness (QED) is 0.941. The first-order valence-corrected chi connectivity index (χ1v) is 7.47. The Bertz CT molecular complexity index is 628. The minimum Gasteiger partial charge on any atom is -0.456 e. The summed E-state index contributed by atoms with van der Waals surface area (Å²) in [6.07, 6.45) is 5.36. The molecule has 0 saturated carbocycles. The van der Waals surface area contributed by atoms with Crippen molar-refractivity contribution in [2.45, 2.75) is 18.9 Å². The third-order valence-electron chi connectivity index (χ3n) is 3.88. The molecule has 2 heterocycles. The number of benzene rings is 1. The van der Waals surface area contributed by atoms with Crippen LogP contribution in [0.1, 0.15) is 23.2 Å². The van der Waals surface area contributed by atoms with E-state index in [4.69, 9.17) is 10.5 Å². The molecule has 1 aliphatic rings. The topological polar surface area (TPSA) is 68.5 Å². The number of pyridine rings is 1. The van der Waals surface area contributed by atoms with Crippen molar-refractivity contribution in [3.05, 3.63) is 54.4 Å². The minimum absolute atomic E-state index is 0.0425. The summed E-state index contributed by atoms with van der Waals surface area (Å²) in [7, 11) is 0. The number of carbonyl (C=O) groups is 1. The van der Waals surface area contributed by atoms with Crippen molar-refractivity contribution in [2.75, 3.05) is 13.1 Å². The number of ether oxygens (including phenoxy) is 1. The van der Waals surface area contributed by atoms with Crippen LogP contribution in [0.15, 0.2) is 48.8 Å². The molecule has 0 aliphatic carbocycles. The summed E-state index contributed by atoms with van der Waals surface area (Å²) in [5.41, 5.74) is 6.40. The van der Waals surface area contributed by atoms with Gasteiger partial charge >= 0.3 is 0 Å². The fourth-order valence-corrected chi connectivity index (χ4v) is 2.72. The average Bonchev–Trinajstić information content (AvgIpc) is 3.04. The van der Waals surface area contributed by atoms with Gasteiger partial charge in [0.2, 0.25) is 0 Å². The lowest BCUT2D eigenvalue weighted by Gasteiger charge is -2.23. The molecule has 1 amide bonds. The fourth-order valence-electron chi connectivity index (χ4n) is 2.72. The number of amides is 1. The highest BCUT2D eigenvalue weighted by atomic mass is 16.5. The van der Waals surface area contributed by atoms with Crippen molar-refractivity contribution < 1.29 is 9.53 Å². The largest absolute Gasteiger partial charge is 0.456 e. The van der Waals surface area contributed by atoms with Crippen LogP contribution in [0.4, 0.5) is 0 Å². The van der Waals surface area contributed by atoms with E-state index in [-0.39, 0.29) is 11.9 Å². The molecule has 2 aromatic rings. The molecule has 1 saturated heterocycles. The van der Waals surface area contributed by atoms with Crippen LogP contribution in [-0.4, -0.2) is 34.9 Å². The fraction of sp³-hybridized carbons (Fsp3) is 0.294. The second-order valence-electron chi connectivity index (χ2n) is 5.35. The molecule has 3 rings (SSSR count). The summed E-state index contributed by atoms with van der Waals surface area (Å²) >= 11 is 0. The maximum Gasteiger partial charge on any atom is 0.254 e. The first-order chi connectivity index (χ1) is 10.8. The summed E-state index contributed by atoms with van der Waals surface area (Å²) in [6.45, 7) is 1.31. The van der Waals surface area contributed by atoms with Crippen LogP contribution in [0.3, 0.4) is 0 Å². The lowest BCUT2D eigenvalue weighted by molar-refractivity contribution is 0.0741. The molecule has 1 atom stereocenters. The molecule has 114 valence electrons. The molecule has 0 spiro atoms. The Morgan fingerprint density at radius 1 is 1.27 bits per heavy atom. The van der Waals surface area contributed by atoms with Gasteiger partial charge in [0.25, 0.3) is 5.91 Å². The Balaban J connectivity index is 1.70. The molecule has 1 aromatic carbocycles. The Hall–Kier alpha value is -2.40. The highest BCUT2D eigenvalue weighted by molar-refractivity contribution is 5.94. The van der Waals surface area contributed by atoms with E-state index < -0.39 is 0 Å². The minimum atomic E-state index is 0.0425. The number of nitrogens with zero attached hydrogens (tertiary/aromatic N) is 2. The van der Waals surface area contributed by atoms with Crippen molar-refractivity contribution in [1.82, 2.24) is 9.88 Å². The predicted molar refractivity (Wildman–Crippen MR) is 83.9 cm³/mol. The number of aromatic nitrogens is 1. The zero-order valence-corrected chi connectivity index (χ0v) is 12.3. The highest BCUT2D eigenvalue weighted by Gasteiger charge is 2.28. The maximum absolute atomic E-state index is 12.5. The van der Waals surface area contributed by atoms with Gasteiger partial charge in [-0.3, -0.25) is 9.78 Å². The van der Waals surface area contributed by atoms with Gasteiger partial charge in [0.05, 0.1) is 6.20 Å². The van der Waals surface area contributed by atoms with Crippen LogP contribution in [0.5, 0.6) is 11.5 Å². The summed E-state index contributed by atoms with van der Waals surface area (Å²) in [6, 6.07) is 11.0. The molecular formula is C17H19N3O2. The Kier molecular flexibility index (Phi) is 4.34. The third kappa shape index (κ3) is 3.09. The summed E-state index contributed by atoms with van der Waals surface area (Å²) in [4.78, 5) is 18.4. The lowest BCUT2D eigenvalue weighted by atomic mass is 10.1. The van der Waals surface area contributed by atoms with Gasteiger partial charge in [-0.05, 0) is 49.2 Å². The van der Waals surface area contributed by atoms with E-state index in [1.54, 1.807) is 36.7 Å². The number of likely N-dealkylation sites (tertiary alicyclic amines) is 1. The second-order valence-corrected chi connectivity index (χ2v) is 5.35. The molecule has 2 N–H and O–H groups in total. The van der Waals surface area contributed by atoms with E-state index >= 15 is 0 Å². The second kappa shape index (κ2) is 6.58. The van der Waals surface area contributed by atoms with E-state index in [1.807, 2.05) is 17.0 Å². The summed E-state index contributed by atoms with van der Waals surface area (Å²) in [5, 5.41) is 0. The molecule has 5 nitrogen and oxygen atoms in total. The van der Waals surface area contributed by atoms with Crippen LogP contribution >= 0.6 is 0 Å². The van der Waals surface area contributed by atoms with E-state index in [0.29, 0.717) is 23.6 Å². The standard InChI is InChI=1S/C17H19N3O2/c18-11-14-3-2-10-20(14)17(21)13-5-7-15(8-6-13)22-16-4-1-9-19-12-16/h1,4-9,12,14H,2-3,10-11,18H2. The number of nitrogens with two attached hydrogens (primary N) is 1. The van der Waals surface area contributed by atoms with Gasteiger partial charge in [-0.2, -0.15) is 0 Å². The van der Waals surface area contributed by atoms with Gasteiger partial charge in [0.1, 0.15) is 11.5 Å². The average molecular weight is 297 g/mol. The summed E-state index contributed by atoms with van der Waals surface area (Å²) in [5.74, 6) is 1.39. The Morgan fingerprint density at radius 2 is 2.09 bits per heavy atom. The molecule has 0 radical (unpaired) electrons. The van der Waals surface area contributed by atoms with Crippen molar-refractivity contribution in [3.63, 3.8) is 0 Å². The molecule has 1 fully saturated rings. The van der Waals surface area contributed by atoms with Crippen molar-refractivity contribution in [3.8, 4) is 11.5 Å². The Morgan fingerprint density at radius 3 is 2.77 bits per heavy atom. The van der Waals surface area contributed by atoms with E-state index in [2.05, 4.69) is 4.98 Å². The normalized spacial score (nSPS) is 17.5. The SMILES string of the molecule is NCC1CCCN1C(=O)c1ccc(Oc2cccnc2)cc1. The van der Waals surface area contributed by atoms with Crippen LogP contribution in [0.25, 0.3) is 0 Å². The van der Waals surface area contributed by atoms with Crippen LogP contribution in [0, 0.1) is 0 Å². The van der Waals surface area contributed by atoms with Crippen LogP contribution in [0.2, 0.25) is 0 Å². The molecule has 22 heavy (non-hydrogen) atoms. The van der Waals surface area contributed by atoms with Gasteiger partial charge in [-0.25, -0.2) is 0 Å². The van der Waals surface area contributed by atoms with Gasteiger partial charge < -0.3 is 15.4 Å². The highest BCUT2D eigenvalue weighted by Crippen LogP contribution is 2.23. The first kappa shape index (κ1) is 14.5.